The van der Waals surface area contributed by atoms with Crippen LogP contribution in [0.4, 0.5) is 0 Å². The number of nitrogens with two attached hydrogens (primary N) is 1. The summed E-state index contributed by atoms with van der Waals surface area (Å²) in [6.07, 6.45) is 7.87. The van der Waals surface area contributed by atoms with E-state index in [1.54, 1.807) is 0 Å². The van der Waals surface area contributed by atoms with Gasteiger partial charge in [-0.15, -0.1) is 5.10 Å². The Morgan fingerprint density at radius 2 is 1.79 bits per heavy atom. The Morgan fingerprint density at radius 1 is 1.12 bits per heavy atom. The predicted octanol–water partition coefficient (Wildman–Crippen LogP) is 2.07. The molecule has 1 saturated carbocycles. The summed E-state index contributed by atoms with van der Waals surface area (Å²) in [5.41, 5.74) is 5.47. The molecule has 1 atom stereocenters. The van der Waals surface area contributed by atoms with E-state index in [-0.39, 0.29) is 17.9 Å². The largest absolute Gasteiger partial charge is 0.369 e. The highest BCUT2D eigenvalue weighted by Crippen LogP contribution is 2.34. The zero-order valence-electron chi connectivity index (χ0n) is 14.9. The van der Waals surface area contributed by atoms with Crippen molar-refractivity contribution < 1.29 is 4.79 Å². The molecule has 1 aliphatic carbocycles. The summed E-state index contributed by atoms with van der Waals surface area (Å²) < 4.78 is 2.09. The number of piperidine rings is 1. The van der Waals surface area contributed by atoms with Crippen molar-refractivity contribution in [3.05, 3.63) is 5.82 Å². The molecule has 24 heavy (non-hydrogen) atoms. The van der Waals surface area contributed by atoms with Gasteiger partial charge in [0, 0.05) is 5.92 Å². The smallest absolute Gasteiger partial charge is 0.220 e. The van der Waals surface area contributed by atoms with E-state index >= 15 is 0 Å². The van der Waals surface area contributed by atoms with Gasteiger partial charge >= 0.3 is 0 Å². The topological polar surface area (TPSA) is 89.9 Å². The van der Waals surface area contributed by atoms with Gasteiger partial charge in [-0.2, -0.15) is 0 Å². The van der Waals surface area contributed by atoms with Crippen LogP contribution in [0.1, 0.15) is 76.7 Å². The number of rotatable bonds is 5. The SMILES string of the molecule is CC(C)[C@H](c1nnnn1C1CCCCC1)N1CCC(C(N)=O)CC1. The third-order valence-corrected chi connectivity index (χ3v) is 5.66. The summed E-state index contributed by atoms with van der Waals surface area (Å²) in [4.78, 5) is 13.9. The van der Waals surface area contributed by atoms with Crippen LogP contribution in [0, 0.1) is 11.8 Å². The quantitative estimate of drug-likeness (QED) is 0.890. The highest BCUT2D eigenvalue weighted by Gasteiger charge is 2.34. The molecule has 1 aromatic rings. The molecule has 2 aliphatic rings. The van der Waals surface area contributed by atoms with Crippen molar-refractivity contribution in [3.63, 3.8) is 0 Å². The molecular weight excluding hydrogens is 304 g/mol. The van der Waals surface area contributed by atoms with Crippen LogP contribution in [-0.2, 0) is 4.79 Å². The molecule has 1 aromatic heterocycles. The number of carbonyl (C=O) groups is 1. The first kappa shape index (κ1) is 17.3. The summed E-state index contributed by atoms with van der Waals surface area (Å²) in [6.45, 7) is 6.22. The lowest BCUT2D eigenvalue weighted by molar-refractivity contribution is -0.123. The zero-order chi connectivity index (χ0) is 17.1. The molecule has 0 unspecified atom stereocenters. The Kier molecular flexibility index (Phi) is 5.48. The molecule has 134 valence electrons. The molecule has 7 nitrogen and oxygen atoms in total. The van der Waals surface area contributed by atoms with E-state index in [2.05, 4.69) is 39.0 Å². The van der Waals surface area contributed by atoms with Crippen molar-refractivity contribution in [1.29, 1.82) is 0 Å². The number of nitrogens with zero attached hydrogens (tertiary/aromatic N) is 5. The van der Waals surface area contributed by atoms with Crippen molar-refractivity contribution >= 4 is 5.91 Å². The minimum absolute atomic E-state index is 0.0170. The highest BCUT2D eigenvalue weighted by molar-refractivity contribution is 5.76. The summed E-state index contributed by atoms with van der Waals surface area (Å²) in [5, 5.41) is 12.7. The van der Waals surface area contributed by atoms with Gasteiger partial charge in [-0.25, -0.2) is 4.68 Å². The van der Waals surface area contributed by atoms with Crippen LogP contribution in [-0.4, -0.2) is 44.1 Å². The van der Waals surface area contributed by atoms with Gasteiger partial charge in [0.25, 0.3) is 0 Å². The van der Waals surface area contributed by atoms with E-state index < -0.39 is 0 Å². The number of amides is 1. The Bertz CT molecular complexity index is 543. The van der Waals surface area contributed by atoms with E-state index in [1.165, 1.54) is 32.1 Å². The molecule has 7 heteroatoms. The van der Waals surface area contributed by atoms with Crippen LogP contribution in [0.25, 0.3) is 0 Å². The first-order valence-electron chi connectivity index (χ1n) is 9.39. The first-order valence-corrected chi connectivity index (χ1v) is 9.39. The Hall–Kier alpha value is -1.50. The number of tetrazole rings is 1. The summed E-state index contributed by atoms with van der Waals surface area (Å²) in [5.74, 6) is 1.27. The molecule has 1 amide bonds. The van der Waals surface area contributed by atoms with Gasteiger partial charge in [-0.1, -0.05) is 33.1 Å². The van der Waals surface area contributed by atoms with Crippen molar-refractivity contribution in [2.24, 2.45) is 17.6 Å². The van der Waals surface area contributed by atoms with Gasteiger partial charge in [0.1, 0.15) is 0 Å². The third-order valence-electron chi connectivity index (χ3n) is 5.66. The lowest BCUT2D eigenvalue weighted by atomic mass is 9.91. The van der Waals surface area contributed by atoms with Crippen LogP contribution in [0.15, 0.2) is 0 Å². The van der Waals surface area contributed by atoms with E-state index in [0.717, 1.165) is 31.8 Å². The van der Waals surface area contributed by atoms with Crippen molar-refractivity contribution in [2.45, 2.75) is 70.9 Å². The molecule has 0 aromatic carbocycles. The number of aromatic nitrogens is 4. The molecule has 2 heterocycles. The van der Waals surface area contributed by atoms with E-state index in [4.69, 9.17) is 5.73 Å². The number of hydrogen-bond acceptors (Lipinski definition) is 5. The van der Waals surface area contributed by atoms with Crippen LogP contribution in [0.3, 0.4) is 0 Å². The van der Waals surface area contributed by atoms with Crippen LogP contribution >= 0.6 is 0 Å². The Labute approximate surface area is 144 Å². The Balaban J connectivity index is 1.77. The molecule has 3 rings (SSSR count). The fourth-order valence-electron chi connectivity index (χ4n) is 4.33. The lowest BCUT2D eigenvalue weighted by Crippen LogP contribution is -2.43. The summed E-state index contributed by atoms with van der Waals surface area (Å²) >= 11 is 0. The first-order chi connectivity index (χ1) is 11.6. The molecule has 0 radical (unpaired) electrons. The van der Waals surface area contributed by atoms with Crippen molar-refractivity contribution in [3.8, 4) is 0 Å². The fraction of sp³-hybridized carbons (Fsp3) is 0.882. The van der Waals surface area contributed by atoms with E-state index in [9.17, 15) is 4.79 Å². The van der Waals surface area contributed by atoms with Gasteiger partial charge in [-0.05, 0) is 55.1 Å². The van der Waals surface area contributed by atoms with Gasteiger partial charge in [0.15, 0.2) is 5.82 Å². The highest BCUT2D eigenvalue weighted by atomic mass is 16.1. The molecule has 1 saturated heterocycles. The molecule has 0 bridgehead atoms. The second-order valence-corrected chi connectivity index (χ2v) is 7.67. The number of primary amides is 1. The second kappa shape index (κ2) is 7.59. The summed E-state index contributed by atoms with van der Waals surface area (Å²) in [6, 6.07) is 0.643. The summed E-state index contributed by atoms with van der Waals surface area (Å²) in [7, 11) is 0. The fourth-order valence-corrected chi connectivity index (χ4v) is 4.33. The van der Waals surface area contributed by atoms with Crippen LogP contribution in [0.2, 0.25) is 0 Å². The monoisotopic (exact) mass is 334 g/mol. The Morgan fingerprint density at radius 3 is 2.38 bits per heavy atom. The van der Waals surface area contributed by atoms with Gasteiger partial charge in [0.05, 0.1) is 12.1 Å². The third kappa shape index (κ3) is 3.61. The molecule has 0 spiro atoms. The van der Waals surface area contributed by atoms with E-state index in [0.29, 0.717) is 12.0 Å². The maximum absolute atomic E-state index is 11.4. The molecule has 2 fully saturated rings. The molecule has 1 aliphatic heterocycles. The van der Waals surface area contributed by atoms with Crippen molar-refractivity contribution in [1.82, 2.24) is 25.1 Å². The van der Waals surface area contributed by atoms with Crippen LogP contribution < -0.4 is 5.73 Å². The average molecular weight is 334 g/mol. The standard InChI is InChI=1S/C17H30N6O/c1-12(2)15(22-10-8-13(9-11-22)16(18)24)17-19-20-21-23(17)14-6-4-3-5-7-14/h12-15H,3-11H2,1-2H3,(H2,18,24)/t15-/m1/s1. The van der Waals surface area contributed by atoms with E-state index in [1.807, 2.05) is 0 Å². The average Bonchev–Trinajstić information content (AvgIpc) is 3.05. The van der Waals surface area contributed by atoms with Gasteiger partial charge < -0.3 is 5.73 Å². The zero-order valence-corrected chi connectivity index (χ0v) is 14.9. The lowest BCUT2D eigenvalue weighted by Gasteiger charge is -2.38. The van der Waals surface area contributed by atoms with Gasteiger partial charge in [-0.3, -0.25) is 9.69 Å². The maximum Gasteiger partial charge on any atom is 0.220 e. The van der Waals surface area contributed by atoms with Crippen LogP contribution in [0.5, 0.6) is 0 Å². The molecule has 2 N–H and O–H groups in total. The molecular formula is C17H30N6O. The number of hydrogen-bond donors (Lipinski definition) is 1. The number of carbonyl (C=O) groups excluding carboxylic acids is 1. The van der Waals surface area contributed by atoms with Crippen molar-refractivity contribution in [2.75, 3.05) is 13.1 Å². The normalized spacial score (nSPS) is 22.8. The maximum atomic E-state index is 11.4. The second-order valence-electron chi connectivity index (χ2n) is 7.67. The van der Waals surface area contributed by atoms with Gasteiger partial charge in [0.2, 0.25) is 5.91 Å². The minimum Gasteiger partial charge on any atom is -0.369 e. The predicted molar refractivity (Wildman–Crippen MR) is 91.0 cm³/mol. The number of likely N-dealkylation sites (tertiary alicyclic amines) is 1. The minimum atomic E-state index is -0.164.